The summed E-state index contributed by atoms with van der Waals surface area (Å²) in [5.74, 6) is 0. The van der Waals surface area contributed by atoms with Crippen LogP contribution in [0.1, 0.15) is 0 Å². The predicted octanol–water partition coefficient (Wildman–Crippen LogP) is -0.115. The quantitative estimate of drug-likeness (QED) is 0.547. The molecular formula is C6H14N4O2S. The number of piperazine rings is 1. The molecule has 0 spiro atoms. The van der Waals surface area contributed by atoms with Gasteiger partial charge >= 0.3 is 0 Å². The van der Waals surface area contributed by atoms with Gasteiger partial charge in [-0.1, -0.05) is 11.0 Å². The molecule has 13 heavy (non-hydrogen) atoms. The minimum Gasteiger partial charge on any atom is -0.308 e. The van der Waals surface area contributed by atoms with Crippen LogP contribution in [0.3, 0.4) is 0 Å². The minimum absolute atomic E-state index is 0.497. The van der Waals surface area contributed by atoms with Crippen molar-refractivity contribution in [1.82, 2.24) is 13.9 Å². The molecule has 0 aromatic rings. The Morgan fingerprint density at radius 3 is 2.23 bits per heavy atom. The van der Waals surface area contributed by atoms with Crippen LogP contribution < -0.4 is 4.72 Å². The molecule has 76 valence electrons. The highest BCUT2D eigenvalue weighted by molar-refractivity contribution is 8.20. The molecule has 0 aliphatic carbocycles. The zero-order valence-electron chi connectivity index (χ0n) is 7.47. The van der Waals surface area contributed by atoms with E-state index in [2.05, 4.69) is 4.72 Å². The number of nitrogens with zero attached hydrogens (tertiary/aromatic N) is 3. The molecule has 0 atom stereocenters. The molecule has 1 heterocycles. The smallest absolute Gasteiger partial charge is 0.179 e. The van der Waals surface area contributed by atoms with Crippen molar-refractivity contribution in [3.05, 3.63) is 0 Å². The summed E-state index contributed by atoms with van der Waals surface area (Å²) < 4.78 is 22.9. The van der Waals surface area contributed by atoms with Crippen molar-refractivity contribution in [1.29, 1.82) is 5.26 Å². The second kappa shape index (κ2) is 4.13. The standard InChI is InChI=1S/C6H14N4O2S/c1-8-13(11,12)10-4-2-9(6-7)3-5-10/h8,11-12H,2-5H2,1H3. The first-order chi connectivity index (χ1) is 6.10. The van der Waals surface area contributed by atoms with Crippen molar-refractivity contribution in [2.75, 3.05) is 33.2 Å². The van der Waals surface area contributed by atoms with Crippen molar-refractivity contribution in [3.8, 4) is 6.19 Å². The maximum atomic E-state index is 9.46. The molecule has 7 heteroatoms. The number of rotatable bonds is 2. The molecule has 6 nitrogen and oxygen atoms in total. The van der Waals surface area contributed by atoms with Gasteiger partial charge in [-0.3, -0.25) is 9.11 Å². The van der Waals surface area contributed by atoms with Crippen molar-refractivity contribution in [2.24, 2.45) is 0 Å². The molecule has 0 amide bonds. The third kappa shape index (κ3) is 2.46. The highest BCUT2D eigenvalue weighted by Gasteiger charge is 2.25. The number of nitriles is 1. The first-order valence-electron chi connectivity index (χ1n) is 3.96. The second-order valence-corrected chi connectivity index (χ2v) is 4.70. The number of nitrogens with one attached hydrogen (secondary N) is 1. The van der Waals surface area contributed by atoms with Crippen molar-refractivity contribution >= 4 is 11.0 Å². The fourth-order valence-electron chi connectivity index (χ4n) is 1.17. The van der Waals surface area contributed by atoms with Gasteiger partial charge in [0.25, 0.3) is 0 Å². The van der Waals surface area contributed by atoms with Crippen molar-refractivity contribution < 1.29 is 9.11 Å². The van der Waals surface area contributed by atoms with Crippen LogP contribution in [0.25, 0.3) is 0 Å². The van der Waals surface area contributed by atoms with Crippen LogP contribution in [0.15, 0.2) is 0 Å². The van der Waals surface area contributed by atoms with E-state index in [4.69, 9.17) is 5.26 Å². The first kappa shape index (κ1) is 10.6. The van der Waals surface area contributed by atoms with Gasteiger partial charge in [0.05, 0.1) is 0 Å². The van der Waals surface area contributed by atoms with Crippen LogP contribution in [0.2, 0.25) is 0 Å². The molecule has 1 rings (SSSR count). The lowest BCUT2D eigenvalue weighted by Crippen LogP contribution is -2.47. The molecule has 1 aliphatic heterocycles. The lowest BCUT2D eigenvalue weighted by Gasteiger charge is -2.44. The monoisotopic (exact) mass is 206 g/mol. The topological polar surface area (TPSA) is 82.8 Å². The molecule has 0 radical (unpaired) electrons. The van der Waals surface area contributed by atoms with Crippen molar-refractivity contribution in [2.45, 2.75) is 0 Å². The summed E-state index contributed by atoms with van der Waals surface area (Å²) in [6, 6.07) is 0. The lowest BCUT2D eigenvalue weighted by molar-refractivity contribution is 0.232. The van der Waals surface area contributed by atoms with E-state index < -0.39 is 11.0 Å². The fourth-order valence-corrected chi connectivity index (χ4v) is 2.10. The van der Waals surface area contributed by atoms with Gasteiger partial charge in [0.1, 0.15) is 0 Å². The molecule has 0 saturated carbocycles. The Hall–Kier alpha value is -0.520. The minimum atomic E-state index is -2.81. The Kier molecular flexibility index (Phi) is 3.35. The summed E-state index contributed by atoms with van der Waals surface area (Å²) in [7, 11) is -1.30. The fraction of sp³-hybridized carbons (Fsp3) is 0.833. The highest BCUT2D eigenvalue weighted by Crippen LogP contribution is 2.37. The average molecular weight is 206 g/mol. The maximum Gasteiger partial charge on any atom is 0.179 e. The predicted molar refractivity (Wildman–Crippen MR) is 50.7 cm³/mol. The Balaban J connectivity index is 2.46. The normalized spacial score (nSPS) is 21.2. The molecule has 0 unspecified atom stereocenters. The van der Waals surface area contributed by atoms with Crippen LogP contribution in [-0.2, 0) is 0 Å². The van der Waals surface area contributed by atoms with Crippen LogP contribution >= 0.6 is 11.0 Å². The van der Waals surface area contributed by atoms with E-state index in [1.165, 1.54) is 7.05 Å². The SMILES string of the molecule is CNS(O)(O)N1CCN(C#N)CC1. The summed E-state index contributed by atoms with van der Waals surface area (Å²) in [4.78, 5) is 1.60. The molecular weight excluding hydrogens is 192 g/mol. The third-order valence-electron chi connectivity index (χ3n) is 2.01. The molecule has 1 fully saturated rings. The zero-order valence-corrected chi connectivity index (χ0v) is 8.29. The highest BCUT2D eigenvalue weighted by atomic mass is 32.3. The Labute approximate surface area is 79.4 Å². The van der Waals surface area contributed by atoms with Gasteiger partial charge < -0.3 is 4.90 Å². The molecule has 1 aliphatic rings. The maximum absolute atomic E-state index is 9.46. The van der Waals surface area contributed by atoms with Crippen LogP contribution in [0.4, 0.5) is 0 Å². The third-order valence-corrected chi connectivity index (χ3v) is 3.65. The van der Waals surface area contributed by atoms with Gasteiger partial charge in [-0.05, 0) is 0 Å². The van der Waals surface area contributed by atoms with E-state index in [1.807, 2.05) is 6.19 Å². The summed E-state index contributed by atoms with van der Waals surface area (Å²) in [6.45, 7) is 2.09. The van der Waals surface area contributed by atoms with E-state index in [9.17, 15) is 9.11 Å². The van der Waals surface area contributed by atoms with Gasteiger partial charge in [0.15, 0.2) is 6.19 Å². The van der Waals surface area contributed by atoms with E-state index in [-0.39, 0.29) is 0 Å². The zero-order chi connectivity index (χ0) is 9.90. The lowest BCUT2D eigenvalue weighted by atomic mass is 10.4. The van der Waals surface area contributed by atoms with E-state index in [0.29, 0.717) is 26.2 Å². The van der Waals surface area contributed by atoms with Gasteiger partial charge in [0, 0.05) is 33.2 Å². The molecule has 0 aromatic heterocycles. The van der Waals surface area contributed by atoms with Gasteiger partial charge in [-0.2, -0.15) is 9.57 Å². The molecule has 0 aromatic carbocycles. The summed E-state index contributed by atoms with van der Waals surface area (Å²) in [6.07, 6.45) is 2.03. The Morgan fingerprint density at radius 2 is 1.85 bits per heavy atom. The van der Waals surface area contributed by atoms with E-state index in [0.717, 1.165) is 0 Å². The van der Waals surface area contributed by atoms with Gasteiger partial charge in [-0.15, -0.1) is 0 Å². The van der Waals surface area contributed by atoms with Crippen LogP contribution in [0.5, 0.6) is 0 Å². The van der Waals surface area contributed by atoms with Crippen LogP contribution in [0, 0.1) is 11.5 Å². The van der Waals surface area contributed by atoms with Gasteiger partial charge in [0.2, 0.25) is 0 Å². The van der Waals surface area contributed by atoms with E-state index >= 15 is 0 Å². The second-order valence-electron chi connectivity index (χ2n) is 2.74. The first-order valence-corrected chi connectivity index (χ1v) is 5.47. The van der Waals surface area contributed by atoms with Gasteiger partial charge in [-0.25, -0.2) is 4.72 Å². The number of hydrogen-bond donors (Lipinski definition) is 3. The summed E-state index contributed by atoms with van der Waals surface area (Å²) in [5.41, 5.74) is 0. The van der Waals surface area contributed by atoms with E-state index in [1.54, 1.807) is 9.21 Å². The number of hydrogen-bond acceptors (Lipinski definition) is 6. The molecule has 1 saturated heterocycles. The Bertz CT molecular complexity index is 209. The average Bonchev–Trinajstić information content (AvgIpc) is 2.18. The van der Waals surface area contributed by atoms with Crippen LogP contribution in [-0.4, -0.2) is 51.5 Å². The summed E-state index contributed by atoms with van der Waals surface area (Å²) >= 11 is 0. The van der Waals surface area contributed by atoms with Crippen molar-refractivity contribution in [3.63, 3.8) is 0 Å². The molecule has 3 N–H and O–H groups in total. The largest absolute Gasteiger partial charge is 0.308 e. The summed E-state index contributed by atoms with van der Waals surface area (Å²) in [5, 5.41) is 8.56. The molecule has 0 bridgehead atoms. The Morgan fingerprint density at radius 1 is 1.31 bits per heavy atom.